The van der Waals surface area contributed by atoms with Crippen LogP contribution in [0.2, 0.25) is 0 Å². The van der Waals surface area contributed by atoms with Crippen LogP contribution in [0, 0.1) is 0 Å². The topological polar surface area (TPSA) is 293 Å². The summed E-state index contributed by atoms with van der Waals surface area (Å²) in [5.74, 6) is -3.81. The van der Waals surface area contributed by atoms with E-state index in [-0.39, 0.29) is 57.5 Å². The molecule has 0 aliphatic heterocycles. The molecule has 552 valence electrons. The molecule has 16 aromatic rings. The van der Waals surface area contributed by atoms with Gasteiger partial charge in [0.1, 0.15) is 33.3 Å². The maximum atomic E-state index is 12.7. The lowest BCUT2D eigenvalue weighted by atomic mass is 10.0. The quantitative estimate of drug-likeness (QED) is 0.0754. The van der Waals surface area contributed by atoms with E-state index in [0.29, 0.717) is 48.5 Å². The molecule has 0 unspecified atom stereocenters. The molecule has 0 atom stereocenters. The average Bonchev–Trinajstić information content (AvgIpc) is 0.800. The number of aromatic carboxylic acids is 2. The summed E-state index contributed by atoms with van der Waals surface area (Å²) in [5.41, 5.74) is 13.0. The van der Waals surface area contributed by atoms with Gasteiger partial charge in [-0.25, -0.2) is 39.1 Å². The zero-order chi connectivity index (χ0) is 78.0. The summed E-state index contributed by atoms with van der Waals surface area (Å²) in [7, 11) is 0. The van der Waals surface area contributed by atoms with Crippen LogP contribution in [0.4, 0.5) is 0 Å². The summed E-state index contributed by atoms with van der Waals surface area (Å²) in [5, 5.41) is 18.7. The molecule has 8 aromatic carbocycles. The van der Waals surface area contributed by atoms with Crippen molar-refractivity contribution in [3.05, 3.63) is 390 Å². The van der Waals surface area contributed by atoms with Gasteiger partial charge in [0, 0.05) is 88.1 Å². The van der Waals surface area contributed by atoms with Crippen molar-refractivity contribution in [3.8, 4) is 44.5 Å². The SMILES string of the molecule is CCOC(=O)c1cn(Cc2ccc(-c3ccccc3)cc2)c2cccnc2c1=O.CCOC(=O)c1cn(Cc2ccc(-c3ccccc3)cc2)c2nccnc2c1=O.O=C(O)c1cn(Cc2ccc(-c3ccccc3)cc2)c2cccnc2c1=O.O=C(O)c1cn(Cc2ccc(-c3ccccc3)cc2)c2nccnc2c1=O. The summed E-state index contributed by atoms with van der Waals surface area (Å²) >= 11 is 0. The highest BCUT2D eigenvalue weighted by molar-refractivity contribution is 5.94. The van der Waals surface area contributed by atoms with Gasteiger partial charge >= 0.3 is 23.9 Å². The Labute approximate surface area is 639 Å². The predicted molar refractivity (Wildman–Crippen MR) is 429 cm³/mol. The first-order valence-corrected chi connectivity index (χ1v) is 35.6. The van der Waals surface area contributed by atoms with E-state index >= 15 is 0 Å². The van der Waals surface area contributed by atoms with Gasteiger partial charge in [-0.05, 0) is 105 Å². The van der Waals surface area contributed by atoms with Gasteiger partial charge < -0.3 is 38.0 Å². The first-order valence-electron chi connectivity index (χ1n) is 35.6. The fourth-order valence-corrected chi connectivity index (χ4v) is 12.7. The fraction of sp³-hybridized carbons (Fsp3) is 0.0889. The van der Waals surface area contributed by atoms with E-state index in [0.717, 1.165) is 66.8 Å². The predicted octanol–water partition coefficient (Wildman–Crippen LogP) is 15.0. The van der Waals surface area contributed by atoms with Crippen LogP contribution in [0.3, 0.4) is 0 Å². The number of carbonyl (C=O) groups excluding carboxylic acids is 2. The minimum Gasteiger partial charge on any atom is -0.477 e. The third-order valence-electron chi connectivity index (χ3n) is 18.2. The minimum atomic E-state index is -1.28. The van der Waals surface area contributed by atoms with Crippen LogP contribution in [-0.2, 0) is 35.7 Å². The molecule has 8 aromatic heterocycles. The first-order chi connectivity index (χ1) is 54.6. The van der Waals surface area contributed by atoms with Crippen LogP contribution in [0.25, 0.3) is 88.9 Å². The van der Waals surface area contributed by atoms with Crippen LogP contribution in [0.1, 0.15) is 77.5 Å². The van der Waals surface area contributed by atoms with E-state index in [1.165, 1.54) is 49.6 Å². The van der Waals surface area contributed by atoms with Gasteiger partial charge in [0.15, 0.2) is 22.3 Å². The molecule has 0 aliphatic rings. The van der Waals surface area contributed by atoms with Gasteiger partial charge in [0.25, 0.3) is 0 Å². The summed E-state index contributed by atoms with van der Waals surface area (Å²) in [4.78, 5) is 122. The number of benzene rings is 8. The highest BCUT2D eigenvalue weighted by atomic mass is 16.5. The van der Waals surface area contributed by atoms with E-state index in [4.69, 9.17) is 9.47 Å². The van der Waals surface area contributed by atoms with Crippen LogP contribution in [0.15, 0.2) is 324 Å². The number of hydrogen-bond acceptors (Lipinski definition) is 16. The Kier molecular flexibility index (Phi) is 23.6. The van der Waals surface area contributed by atoms with Crippen molar-refractivity contribution in [3.63, 3.8) is 0 Å². The molecule has 0 bridgehead atoms. The monoisotopic (exact) mass is 1480 g/mol. The molecule has 0 saturated carbocycles. The highest BCUT2D eigenvalue weighted by Gasteiger charge is 2.22. The van der Waals surface area contributed by atoms with E-state index in [1.807, 2.05) is 180 Å². The standard InChI is InChI=1S/C24H20N2O3.C23H19N3O3.C22H16N2O3.C21H15N3O3/c1-2-29-24(28)20-16-26(21-9-6-14-25-22(21)23(20)27)15-17-10-12-19(13-11-17)18-7-4-3-5-8-18;1-2-29-23(28)19-15-26(22-20(21(19)27)24-12-13-25-22)14-16-8-10-18(11-9-16)17-6-4-3-5-7-17;25-21-18(22(26)27)14-24(19-7-4-12-23-20(19)21)13-15-8-10-17(11-9-15)16-5-2-1-3-6-16;25-19-17(21(26)27)13-24(20-18(19)22-10-11-23-20)12-14-6-8-16(9-7-14)15-4-2-1-3-5-15/h3-14,16H,2,15H2,1H3;3-13,15H,2,14H2,1H3;1-12,14H,13H2,(H,26,27);1-11,13H,12H2,(H,26,27). The van der Waals surface area contributed by atoms with Crippen LogP contribution in [0.5, 0.6) is 0 Å². The molecule has 0 saturated heterocycles. The minimum absolute atomic E-state index is 0.000967. The van der Waals surface area contributed by atoms with Crippen molar-refractivity contribution in [1.29, 1.82) is 0 Å². The van der Waals surface area contributed by atoms with E-state index < -0.39 is 45.6 Å². The molecule has 22 heteroatoms. The summed E-state index contributed by atoms with van der Waals surface area (Å²) < 4.78 is 17.1. The number of carbonyl (C=O) groups is 4. The zero-order valence-corrected chi connectivity index (χ0v) is 60.6. The number of rotatable bonds is 18. The van der Waals surface area contributed by atoms with Gasteiger partial charge in [0.05, 0.1) is 24.2 Å². The van der Waals surface area contributed by atoms with Gasteiger partial charge in [-0.3, -0.25) is 29.1 Å². The van der Waals surface area contributed by atoms with E-state index in [1.54, 1.807) is 58.1 Å². The van der Waals surface area contributed by atoms with Crippen LogP contribution < -0.4 is 21.7 Å². The van der Waals surface area contributed by atoms with Gasteiger partial charge in [-0.1, -0.05) is 218 Å². The maximum absolute atomic E-state index is 12.7. The second-order valence-corrected chi connectivity index (χ2v) is 25.5. The Morgan fingerprint density at radius 2 is 0.536 bits per heavy atom. The van der Waals surface area contributed by atoms with Gasteiger partial charge in [-0.15, -0.1) is 0 Å². The molecule has 2 N–H and O–H groups in total. The Hall–Kier alpha value is -15.1. The normalized spacial score (nSPS) is 10.8. The number of nitrogens with zero attached hydrogens (tertiary/aromatic N) is 10. The van der Waals surface area contributed by atoms with Crippen LogP contribution >= 0.6 is 0 Å². The summed E-state index contributed by atoms with van der Waals surface area (Å²) in [6, 6.07) is 79.9. The smallest absolute Gasteiger partial charge is 0.343 e. The van der Waals surface area contributed by atoms with Gasteiger partial charge in [0.2, 0.25) is 21.7 Å². The molecule has 0 spiro atoms. The lowest BCUT2D eigenvalue weighted by molar-refractivity contribution is 0.0514. The van der Waals surface area contributed by atoms with Gasteiger partial charge in [-0.2, -0.15) is 0 Å². The average molecular weight is 1480 g/mol. The first kappa shape index (κ1) is 75.2. The lowest BCUT2D eigenvalue weighted by Gasteiger charge is -2.13. The Bertz CT molecular complexity index is 5960. The number of esters is 2. The van der Waals surface area contributed by atoms with E-state index in [2.05, 4.69) is 78.4 Å². The second kappa shape index (κ2) is 35.1. The van der Waals surface area contributed by atoms with Crippen molar-refractivity contribution in [2.75, 3.05) is 13.2 Å². The summed E-state index contributed by atoms with van der Waals surface area (Å²) in [6.07, 6.45) is 14.7. The number of aromatic nitrogens is 10. The largest absolute Gasteiger partial charge is 0.477 e. The van der Waals surface area contributed by atoms with E-state index in [9.17, 15) is 48.6 Å². The maximum Gasteiger partial charge on any atom is 0.343 e. The molecular weight excluding hydrogens is 1410 g/mol. The molecule has 16 rings (SSSR count). The number of pyridine rings is 6. The molecule has 8 heterocycles. The van der Waals surface area contributed by atoms with Crippen molar-refractivity contribution < 1.29 is 38.9 Å². The third-order valence-corrected chi connectivity index (χ3v) is 18.2. The second-order valence-electron chi connectivity index (χ2n) is 25.5. The Morgan fingerprint density at radius 3 is 0.857 bits per heavy atom. The Balaban J connectivity index is 0.000000131. The van der Waals surface area contributed by atoms with Crippen molar-refractivity contribution in [1.82, 2.24) is 48.2 Å². The number of carboxylic acid groups (broad SMARTS) is 2. The van der Waals surface area contributed by atoms with Crippen LogP contribution in [-0.4, -0.2) is 95.5 Å². The molecular formula is C90H70N10O12. The van der Waals surface area contributed by atoms with Crippen molar-refractivity contribution >= 4 is 68.3 Å². The van der Waals surface area contributed by atoms with Crippen molar-refractivity contribution in [2.45, 2.75) is 40.0 Å². The zero-order valence-electron chi connectivity index (χ0n) is 60.6. The summed E-state index contributed by atoms with van der Waals surface area (Å²) in [6.45, 7) is 5.58. The number of hydrogen-bond donors (Lipinski definition) is 2. The number of ether oxygens (including phenoxy) is 2. The lowest BCUT2D eigenvalue weighted by Crippen LogP contribution is -2.22. The molecule has 0 amide bonds. The third kappa shape index (κ3) is 17.5. The molecule has 0 radical (unpaired) electrons. The molecule has 112 heavy (non-hydrogen) atoms. The molecule has 22 nitrogen and oxygen atoms in total. The Morgan fingerprint density at radius 1 is 0.286 bits per heavy atom. The fourth-order valence-electron chi connectivity index (χ4n) is 12.7. The number of carboxylic acids is 2. The van der Waals surface area contributed by atoms with Crippen molar-refractivity contribution in [2.24, 2.45) is 0 Å². The molecule has 0 fully saturated rings. The highest BCUT2D eigenvalue weighted by Crippen LogP contribution is 2.26. The number of fused-ring (bicyclic) bond motifs is 4. The molecule has 0 aliphatic carbocycles.